The van der Waals surface area contributed by atoms with Gasteiger partial charge in [-0.1, -0.05) is 192 Å². The van der Waals surface area contributed by atoms with Gasteiger partial charge in [0, 0.05) is 42.8 Å². The average Bonchev–Trinajstić information content (AvgIpc) is 3.95. The molecular formula is C57H47N3S. The largest absolute Gasteiger partial charge is 0.277 e. The molecule has 0 spiro atoms. The van der Waals surface area contributed by atoms with Crippen molar-refractivity contribution in [3.8, 4) is 39.5 Å². The van der Waals surface area contributed by atoms with Crippen molar-refractivity contribution in [1.82, 2.24) is 14.5 Å². The number of hydrogen-bond donors (Lipinski definition) is 0. The van der Waals surface area contributed by atoms with Crippen molar-refractivity contribution in [1.29, 1.82) is 0 Å². The molecule has 3 nitrogen and oxygen atoms in total. The Balaban J connectivity index is 0.000000704. The second-order valence-corrected chi connectivity index (χ2v) is 17.0. The van der Waals surface area contributed by atoms with Crippen LogP contribution < -0.4 is 0 Å². The molecule has 8 aromatic carbocycles. The maximum Gasteiger partial charge on any atom is 0.235 e. The molecule has 0 atom stereocenters. The number of aromatic nitrogens is 3. The summed E-state index contributed by atoms with van der Waals surface area (Å²) in [6.07, 6.45) is 4.00. The molecule has 12 rings (SSSR count). The molecule has 1 aliphatic carbocycles. The van der Waals surface area contributed by atoms with Crippen LogP contribution >= 0.6 is 11.3 Å². The lowest BCUT2D eigenvalue weighted by Gasteiger charge is -2.21. The Hall–Kier alpha value is -6.88. The summed E-state index contributed by atoms with van der Waals surface area (Å²) in [5, 5.41) is 8.47. The van der Waals surface area contributed by atoms with E-state index in [1.165, 1.54) is 64.8 Å². The maximum atomic E-state index is 5.55. The molecule has 0 radical (unpaired) electrons. The number of allylic oxidation sites excluding steroid dienone is 2. The topological polar surface area (TPSA) is 30.7 Å². The summed E-state index contributed by atoms with van der Waals surface area (Å²) < 4.78 is 4.68. The van der Waals surface area contributed by atoms with Crippen molar-refractivity contribution < 1.29 is 0 Å². The summed E-state index contributed by atoms with van der Waals surface area (Å²) in [7, 11) is 0. The zero-order valence-electron chi connectivity index (χ0n) is 35.5. The van der Waals surface area contributed by atoms with Gasteiger partial charge in [-0.05, 0) is 70.0 Å². The van der Waals surface area contributed by atoms with E-state index in [0.29, 0.717) is 5.95 Å². The van der Waals surface area contributed by atoms with E-state index in [9.17, 15) is 0 Å². The Labute approximate surface area is 361 Å². The molecule has 0 N–H and O–H groups in total. The van der Waals surface area contributed by atoms with Crippen LogP contribution in [0.25, 0.3) is 103 Å². The van der Waals surface area contributed by atoms with Crippen LogP contribution in [0.5, 0.6) is 0 Å². The first-order valence-electron chi connectivity index (χ1n) is 21.4. The van der Waals surface area contributed by atoms with Gasteiger partial charge in [0.2, 0.25) is 5.95 Å². The third kappa shape index (κ3) is 6.00. The molecule has 11 aromatic rings. The molecule has 4 heteroatoms. The van der Waals surface area contributed by atoms with Gasteiger partial charge in [-0.3, -0.25) is 4.57 Å². The fourth-order valence-corrected chi connectivity index (χ4v) is 10.6. The zero-order valence-corrected chi connectivity index (χ0v) is 36.3. The highest BCUT2D eigenvalue weighted by atomic mass is 32.1. The van der Waals surface area contributed by atoms with Crippen LogP contribution in [-0.4, -0.2) is 14.5 Å². The van der Waals surface area contributed by atoms with Crippen LogP contribution in [0.1, 0.15) is 52.7 Å². The Morgan fingerprint density at radius 3 is 1.90 bits per heavy atom. The minimum absolute atomic E-state index is 0.104. The Morgan fingerprint density at radius 2 is 1.13 bits per heavy atom. The maximum absolute atomic E-state index is 5.55. The SMILES string of the molecule is C/C=C\C.CC.CC1(C)c2ccc(-c3cccc4c5ccc6ccccc6c5n(-c5nc(-c6ccccc6)c6sc7ccccc7c6n5)c34)cc2-c2c1ccc1ccccc21. The monoisotopic (exact) mass is 805 g/mol. The number of rotatable bonds is 3. The lowest BCUT2D eigenvalue weighted by molar-refractivity contribution is 0.661. The van der Waals surface area contributed by atoms with Crippen LogP contribution in [0.2, 0.25) is 0 Å². The molecule has 0 bridgehead atoms. The van der Waals surface area contributed by atoms with E-state index in [0.717, 1.165) is 43.5 Å². The molecule has 0 saturated carbocycles. The van der Waals surface area contributed by atoms with Crippen LogP contribution in [0.3, 0.4) is 0 Å². The van der Waals surface area contributed by atoms with E-state index in [2.05, 4.69) is 182 Å². The van der Waals surface area contributed by atoms with Crippen molar-refractivity contribution in [2.24, 2.45) is 0 Å². The normalized spacial score (nSPS) is 12.8. The van der Waals surface area contributed by atoms with Gasteiger partial charge in [0.25, 0.3) is 0 Å². The molecular weight excluding hydrogens is 759 g/mol. The number of benzene rings is 8. The Kier molecular flexibility index (Phi) is 9.61. The smallest absolute Gasteiger partial charge is 0.235 e. The predicted octanol–water partition coefficient (Wildman–Crippen LogP) is 16.5. The van der Waals surface area contributed by atoms with Crippen LogP contribution in [0, 0.1) is 0 Å². The summed E-state index contributed by atoms with van der Waals surface area (Å²) in [4.78, 5) is 11.1. The number of fused-ring (bicyclic) bond motifs is 13. The van der Waals surface area contributed by atoms with E-state index in [-0.39, 0.29) is 5.41 Å². The second kappa shape index (κ2) is 15.3. The van der Waals surface area contributed by atoms with Crippen molar-refractivity contribution >= 4 is 75.0 Å². The van der Waals surface area contributed by atoms with Gasteiger partial charge >= 0.3 is 0 Å². The fourth-order valence-electron chi connectivity index (χ4n) is 9.42. The van der Waals surface area contributed by atoms with Gasteiger partial charge in [-0.15, -0.1) is 11.3 Å². The van der Waals surface area contributed by atoms with Gasteiger partial charge in [-0.25, -0.2) is 9.97 Å². The van der Waals surface area contributed by atoms with E-state index in [1.807, 2.05) is 39.8 Å². The van der Waals surface area contributed by atoms with Crippen molar-refractivity contribution in [2.75, 3.05) is 0 Å². The van der Waals surface area contributed by atoms with Crippen molar-refractivity contribution in [2.45, 2.75) is 47.0 Å². The van der Waals surface area contributed by atoms with E-state index in [4.69, 9.17) is 9.97 Å². The molecule has 0 aliphatic heterocycles. The van der Waals surface area contributed by atoms with Gasteiger partial charge in [-0.2, -0.15) is 0 Å². The summed E-state index contributed by atoms with van der Waals surface area (Å²) in [6.45, 7) is 12.7. The van der Waals surface area contributed by atoms with E-state index < -0.39 is 0 Å². The molecule has 0 amide bonds. The van der Waals surface area contributed by atoms with Crippen LogP contribution in [-0.2, 0) is 5.41 Å². The van der Waals surface area contributed by atoms with Gasteiger partial charge < -0.3 is 0 Å². The molecule has 3 aromatic heterocycles. The number of para-hydroxylation sites is 1. The highest BCUT2D eigenvalue weighted by Gasteiger charge is 2.36. The fraction of sp³-hybridized carbons (Fsp3) is 0.123. The van der Waals surface area contributed by atoms with E-state index in [1.54, 1.807) is 11.3 Å². The Morgan fingerprint density at radius 1 is 0.508 bits per heavy atom. The standard InChI is InChI=1S/C51H33N3S.C4H8.C2H6/c1-51(2)41-27-25-33(29-40(41)44-34-17-8-6-13-30(34)24-28-42(44)51)36-20-12-21-37-38-26-23-31-14-7-9-18-35(31)47(38)54(48(36)37)50-52-45(32-15-4-3-5-16-32)49-46(53-50)39-19-10-11-22-43(39)55-49;1-3-4-2;1-2/h3-29H,1-2H3;3-4H,1-2H3;1-2H3/b;4-3-;. The lowest BCUT2D eigenvalue weighted by atomic mass is 9.82. The second-order valence-electron chi connectivity index (χ2n) is 16.0. The first-order chi connectivity index (χ1) is 30.0. The summed E-state index contributed by atoms with van der Waals surface area (Å²) in [6, 6.07) is 59.8. The third-order valence-corrected chi connectivity index (χ3v) is 13.5. The molecule has 0 unspecified atom stereocenters. The summed E-state index contributed by atoms with van der Waals surface area (Å²) in [5.41, 5.74) is 12.9. The van der Waals surface area contributed by atoms with Crippen LogP contribution in [0.15, 0.2) is 176 Å². The minimum Gasteiger partial charge on any atom is -0.277 e. The summed E-state index contributed by atoms with van der Waals surface area (Å²) >= 11 is 1.77. The first kappa shape index (κ1) is 38.3. The molecule has 0 fully saturated rings. The minimum atomic E-state index is -0.104. The molecule has 3 heterocycles. The number of nitrogens with zero attached hydrogens (tertiary/aromatic N) is 3. The highest BCUT2D eigenvalue weighted by molar-refractivity contribution is 7.26. The van der Waals surface area contributed by atoms with Gasteiger partial charge in [0.1, 0.15) is 0 Å². The lowest BCUT2D eigenvalue weighted by Crippen LogP contribution is -2.14. The van der Waals surface area contributed by atoms with Crippen molar-refractivity contribution in [3.63, 3.8) is 0 Å². The first-order valence-corrected chi connectivity index (χ1v) is 22.2. The quantitative estimate of drug-likeness (QED) is 0.167. The Bertz CT molecular complexity index is 3490. The molecule has 1 aliphatic rings. The molecule has 0 saturated heterocycles. The third-order valence-electron chi connectivity index (χ3n) is 12.3. The van der Waals surface area contributed by atoms with Gasteiger partial charge in [0.05, 0.1) is 26.9 Å². The predicted molar refractivity (Wildman–Crippen MR) is 265 cm³/mol. The number of thiophene rings is 1. The average molecular weight is 806 g/mol. The van der Waals surface area contributed by atoms with Gasteiger partial charge in [0.15, 0.2) is 0 Å². The van der Waals surface area contributed by atoms with E-state index >= 15 is 0 Å². The molecule has 61 heavy (non-hydrogen) atoms. The van der Waals surface area contributed by atoms with Crippen molar-refractivity contribution in [3.05, 3.63) is 187 Å². The number of hydrogen-bond acceptors (Lipinski definition) is 3. The van der Waals surface area contributed by atoms with Crippen LogP contribution in [0.4, 0.5) is 0 Å². The molecule has 296 valence electrons. The summed E-state index contributed by atoms with van der Waals surface area (Å²) in [5.74, 6) is 0.678. The zero-order chi connectivity index (χ0) is 41.8. The highest BCUT2D eigenvalue weighted by Crippen LogP contribution is 2.53.